The molecule has 6 aromatic carbocycles. The molecule has 0 unspecified atom stereocenters. The third-order valence-electron chi connectivity index (χ3n) is 16.0. The predicted molar refractivity (Wildman–Crippen MR) is 370 cm³/mol. The van der Waals surface area contributed by atoms with Gasteiger partial charge in [0.15, 0.2) is 29.5 Å². The summed E-state index contributed by atoms with van der Waals surface area (Å²) >= 11 is 0. The van der Waals surface area contributed by atoms with Crippen LogP contribution < -0.4 is 4.74 Å². The number of rotatable bonds is 13. The van der Waals surface area contributed by atoms with E-state index < -0.39 is 29.5 Å². The van der Waals surface area contributed by atoms with Gasteiger partial charge in [-0.25, -0.2) is 39.3 Å². The summed E-state index contributed by atoms with van der Waals surface area (Å²) in [7, 11) is -9.01. The Morgan fingerprint density at radius 1 is 0.376 bits per heavy atom. The average molecular weight is 1300 g/mol. The Morgan fingerprint density at radius 2 is 0.742 bits per heavy atom. The molecule has 12 rings (SSSR count). The molecule has 0 amide bonds. The van der Waals surface area contributed by atoms with Gasteiger partial charge in [0.2, 0.25) is 0 Å². The molecule has 0 atom stereocenters. The van der Waals surface area contributed by atoms with Gasteiger partial charge in [-0.3, -0.25) is 15.0 Å². The van der Waals surface area contributed by atoms with Crippen LogP contribution in [0.4, 0.5) is 0 Å². The number of pyridine rings is 3. The SMILES string of the molecule is COc1ccc(-n2nc(C)cc2CS(=O)(=O)c2ccc(C(C)(C)C)cc2)c2cccnc12.Cc1cc(-n2nc(C)cc2CS(=O)(=O)c2ccc(C(C)(C)C)cc2)c2cccnc2c1.Cc1cc(CS(=O)(=O)c2ccc(C(C)(C)C)cc2)n(-c2cccc3ncccc23)n1. The summed E-state index contributed by atoms with van der Waals surface area (Å²) in [5.41, 5.74) is 13.2. The van der Waals surface area contributed by atoms with Gasteiger partial charge in [-0.15, -0.1) is 0 Å². The van der Waals surface area contributed by atoms with E-state index in [-0.39, 0.29) is 33.5 Å². The number of aryl methyl sites for hydroxylation is 4. The van der Waals surface area contributed by atoms with Gasteiger partial charge in [0.05, 0.1) is 101 Å². The fraction of sp³-hybridized carbons (Fsp3) is 0.270. The molecule has 480 valence electrons. The highest BCUT2D eigenvalue weighted by Gasteiger charge is 2.26. The minimum absolute atomic E-state index is 0.0274. The molecule has 6 heterocycles. The Kier molecular flexibility index (Phi) is 18.7. The van der Waals surface area contributed by atoms with Crippen LogP contribution in [-0.4, -0.2) is 76.7 Å². The van der Waals surface area contributed by atoms with Crippen molar-refractivity contribution in [1.82, 2.24) is 44.3 Å². The van der Waals surface area contributed by atoms with Gasteiger partial charge in [-0.2, -0.15) is 15.3 Å². The minimum atomic E-state index is -3.56. The summed E-state index contributed by atoms with van der Waals surface area (Å²) in [5, 5.41) is 16.5. The summed E-state index contributed by atoms with van der Waals surface area (Å²) in [5.74, 6) is 0.246. The largest absolute Gasteiger partial charge is 0.494 e. The Balaban J connectivity index is 0.000000153. The number of nitrogens with zero attached hydrogens (tertiary/aromatic N) is 9. The number of methoxy groups -OCH3 is 1. The minimum Gasteiger partial charge on any atom is -0.494 e. The summed E-state index contributed by atoms with van der Waals surface area (Å²) < 4.78 is 89.9. The van der Waals surface area contributed by atoms with Gasteiger partial charge < -0.3 is 4.74 Å². The molecule has 0 aliphatic carbocycles. The molecule has 0 saturated heterocycles. The van der Waals surface area contributed by atoms with Crippen LogP contribution in [0, 0.1) is 27.7 Å². The van der Waals surface area contributed by atoms with E-state index in [0.29, 0.717) is 43.0 Å². The van der Waals surface area contributed by atoms with E-state index in [1.807, 2.05) is 161 Å². The highest BCUT2D eigenvalue weighted by molar-refractivity contribution is 7.91. The molecule has 0 spiro atoms. The Hall–Kier alpha value is -9.17. The van der Waals surface area contributed by atoms with Crippen LogP contribution in [0.25, 0.3) is 49.8 Å². The van der Waals surface area contributed by atoms with Gasteiger partial charge in [0.25, 0.3) is 0 Å². The van der Waals surface area contributed by atoms with Gasteiger partial charge in [0.1, 0.15) is 11.3 Å². The highest BCUT2D eigenvalue weighted by Crippen LogP contribution is 2.34. The number of hydrogen-bond acceptors (Lipinski definition) is 13. The maximum absolute atomic E-state index is 13.2. The Bertz CT molecular complexity index is 5070. The maximum atomic E-state index is 13.2. The first-order valence-electron chi connectivity index (χ1n) is 30.6. The van der Waals surface area contributed by atoms with Crippen LogP contribution in [0.3, 0.4) is 0 Å². The van der Waals surface area contributed by atoms with E-state index in [1.54, 1.807) is 76.1 Å². The number of fused-ring (bicyclic) bond motifs is 3. The lowest BCUT2D eigenvalue weighted by atomic mass is 9.87. The zero-order chi connectivity index (χ0) is 67.0. The fourth-order valence-electron chi connectivity index (χ4n) is 11.1. The second-order valence-electron chi connectivity index (χ2n) is 26.6. The molecular formula is C74H79N9O7S3. The molecule has 0 radical (unpaired) electrons. The van der Waals surface area contributed by atoms with E-state index >= 15 is 0 Å². The lowest BCUT2D eigenvalue weighted by molar-refractivity contribution is 0.419. The molecule has 93 heavy (non-hydrogen) atoms. The van der Waals surface area contributed by atoms with Crippen LogP contribution in [0.15, 0.2) is 203 Å². The molecule has 6 aromatic heterocycles. The number of hydrogen-bond donors (Lipinski definition) is 0. The summed E-state index contributed by atoms with van der Waals surface area (Å²) in [6.45, 7) is 26.6. The first-order valence-corrected chi connectivity index (χ1v) is 35.5. The van der Waals surface area contributed by atoms with E-state index in [9.17, 15) is 25.3 Å². The molecule has 0 fully saturated rings. The smallest absolute Gasteiger partial charge is 0.184 e. The lowest BCUT2D eigenvalue weighted by Crippen LogP contribution is -2.13. The summed E-state index contributed by atoms with van der Waals surface area (Å²) in [6.07, 6.45) is 5.20. The van der Waals surface area contributed by atoms with Crippen molar-refractivity contribution >= 4 is 62.2 Å². The normalized spacial score (nSPS) is 12.4. The van der Waals surface area contributed by atoms with E-state index in [2.05, 4.69) is 92.6 Å². The van der Waals surface area contributed by atoms with Crippen molar-refractivity contribution in [2.45, 2.75) is 138 Å². The van der Waals surface area contributed by atoms with Crippen molar-refractivity contribution < 1.29 is 30.0 Å². The zero-order valence-electron chi connectivity index (χ0n) is 55.1. The summed E-state index contributed by atoms with van der Waals surface area (Å²) in [4.78, 5) is 14.2. The van der Waals surface area contributed by atoms with Crippen molar-refractivity contribution in [3.8, 4) is 22.8 Å². The Labute approximate surface area is 546 Å². The fourth-order valence-corrected chi connectivity index (χ4v) is 15.1. The number of sulfone groups is 3. The van der Waals surface area contributed by atoms with Crippen LogP contribution in [0.5, 0.6) is 5.75 Å². The number of aromatic nitrogens is 9. The van der Waals surface area contributed by atoms with E-state index in [4.69, 9.17) is 4.74 Å². The van der Waals surface area contributed by atoms with Crippen molar-refractivity contribution in [2.75, 3.05) is 7.11 Å². The first kappa shape index (κ1) is 66.7. The third-order valence-corrected chi connectivity index (χ3v) is 21.0. The van der Waals surface area contributed by atoms with Gasteiger partial charge >= 0.3 is 0 Å². The quantitative estimate of drug-likeness (QED) is 0.106. The molecule has 16 nitrogen and oxygen atoms in total. The highest BCUT2D eigenvalue weighted by atomic mass is 32.2. The zero-order valence-corrected chi connectivity index (χ0v) is 57.6. The van der Waals surface area contributed by atoms with Gasteiger partial charge in [-0.05, 0) is 194 Å². The van der Waals surface area contributed by atoms with Crippen LogP contribution >= 0.6 is 0 Å². The van der Waals surface area contributed by atoms with Crippen LogP contribution in [0.1, 0.15) is 119 Å². The standard InChI is InChI=1S/C25H27N3O3S.C25H27N3O2S.C24H25N3O2S/c1-17-15-19(16-32(29,30)20-10-8-18(9-11-20)25(2,3)4)28(27-17)22-12-13-23(31-5)24-21(22)7-6-14-26-24;1-17-13-23-22(7-6-12-26-23)24(14-17)28-20(15-18(2)27-28)16-31(29,30)21-10-8-19(9-11-21)25(3,4)5;1-17-15-19(16-30(28,29)20-12-10-18(11-13-20)24(2,3)4)27(26-17)23-9-5-8-22-21(23)7-6-14-25-22/h6-15H,16H2,1-5H3;6-15H,16H2,1-5H3;5-15H,16H2,1-4H3. The summed E-state index contributed by atoms with van der Waals surface area (Å²) in [6, 6.07) is 52.0. The first-order chi connectivity index (χ1) is 43.8. The number of benzene rings is 6. The molecule has 0 N–H and O–H groups in total. The molecule has 0 saturated carbocycles. The van der Waals surface area contributed by atoms with Gasteiger partial charge in [0, 0.05) is 34.7 Å². The number of ether oxygens (including phenoxy) is 1. The maximum Gasteiger partial charge on any atom is 0.184 e. The van der Waals surface area contributed by atoms with Crippen molar-refractivity contribution in [3.05, 3.63) is 245 Å². The van der Waals surface area contributed by atoms with Crippen molar-refractivity contribution in [1.29, 1.82) is 0 Å². The topological polar surface area (TPSA) is 204 Å². The van der Waals surface area contributed by atoms with Crippen LogP contribution in [0.2, 0.25) is 0 Å². The molecule has 0 aliphatic heterocycles. The van der Waals surface area contributed by atoms with Gasteiger partial charge in [-0.1, -0.05) is 105 Å². The molecule has 0 bridgehead atoms. The van der Waals surface area contributed by atoms with Crippen molar-refractivity contribution in [3.63, 3.8) is 0 Å². The molecule has 19 heteroatoms. The lowest BCUT2D eigenvalue weighted by Gasteiger charge is -2.19. The molecular weight excluding hydrogens is 1220 g/mol. The molecule has 12 aromatic rings. The monoisotopic (exact) mass is 1300 g/mol. The van der Waals surface area contributed by atoms with Crippen LogP contribution in [-0.2, 0) is 63.0 Å². The molecule has 0 aliphatic rings. The van der Waals surface area contributed by atoms with E-state index in [0.717, 1.165) is 83.6 Å². The predicted octanol–water partition coefficient (Wildman–Crippen LogP) is 15.3. The Morgan fingerprint density at radius 3 is 1.15 bits per heavy atom. The van der Waals surface area contributed by atoms with Crippen molar-refractivity contribution in [2.24, 2.45) is 0 Å². The average Bonchev–Trinajstić information content (AvgIpc) is 1.75. The second kappa shape index (κ2) is 26.1. The third kappa shape index (κ3) is 15.0. The second-order valence-corrected chi connectivity index (χ2v) is 32.5. The van der Waals surface area contributed by atoms with E-state index in [1.165, 1.54) is 0 Å².